The van der Waals surface area contributed by atoms with Gasteiger partial charge in [0, 0.05) is 58.5 Å². The highest BCUT2D eigenvalue weighted by Crippen LogP contribution is 2.14. The maximum Gasteiger partial charge on any atom is 0.224 e. The number of amides is 1. The van der Waals surface area contributed by atoms with Crippen LogP contribution in [0.3, 0.4) is 0 Å². The fourth-order valence-corrected chi connectivity index (χ4v) is 3.45. The van der Waals surface area contributed by atoms with Crippen molar-refractivity contribution in [3.63, 3.8) is 0 Å². The molecule has 180 valence electrons. The van der Waals surface area contributed by atoms with Crippen molar-refractivity contribution in [1.29, 1.82) is 0 Å². The van der Waals surface area contributed by atoms with Crippen molar-refractivity contribution < 1.29 is 13.9 Å². The highest BCUT2D eigenvalue weighted by molar-refractivity contribution is 14.0. The number of pyridine rings is 1. The van der Waals surface area contributed by atoms with Crippen LogP contribution in [0.5, 0.6) is 5.75 Å². The zero-order valence-corrected chi connectivity index (χ0v) is 21.4. The van der Waals surface area contributed by atoms with Crippen LogP contribution >= 0.6 is 24.0 Å². The van der Waals surface area contributed by atoms with Gasteiger partial charge in [-0.2, -0.15) is 0 Å². The van der Waals surface area contributed by atoms with E-state index in [1.807, 2.05) is 30.0 Å². The summed E-state index contributed by atoms with van der Waals surface area (Å²) in [7, 11) is 1.67. The highest BCUT2D eigenvalue weighted by atomic mass is 127. The van der Waals surface area contributed by atoms with E-state index >= 15 is 0 Å². The molecule has 1 fully saturated rings. The summed E-state index contributed by atoms with van der Waals surface area (Å²) in [4.78, 5) is 25.2. The van der Waals surface area contributed by atoms with Crippen LogP contribution in [0.4, 0.5) is 10.2 Å². The minimum atomic E-state index is -0.331. The Morgan fingerprint density at radius 3 is 2.64 bits per heavy atom. The second-order valence-electron chi connectivity index (χ2n) is 7.57. The van der Waals surface area contributed by atoms with E-state index in [-0.39, 0.29) is 41.8 Å². The molecule has 1 aromatic carbocycles. The molecule has 1 unspecified atom stereocenters. The molecule has 1 saturated heterocycles. The Morgan fingerprint density at radius 1 is 1.18 bits per heavy atom. The number of guanidine groups is 1. The molecule has 2 heterocycles. The fourth-order valence-electron chi connectivity index (χ4n) is 3.45. The minimum Gasteiger partial charge on any atom is -0.489 e. The number of hydrogen-bond donors (Lipinski definition) is 2. The van der Waals surface area contributed by atoms with Gasteiger partial charge in [0.15, 0.2) is 5.96 Å². The van der Waals surface area contributed by atoms with Crippen molar-refractivity contribution in [2.75, 3.05) is 51.2 Å². The van der Waals surface area contributed by atoms with Crippen molar-refractivity contribution in [2.24, 2.45) is 4.99 Å². The second kappa shape index (κ2) is 13.8. The lowest BCUT2D eigenvalue weighted by Gasteiger charge is -2.35. The Kier molecular flexibility index (Phi) is 11.1. The number of aliphatic imine (C=N–C) groups is 1. The average molecular weight is 570 g/mol. The predicted molar refractivity (Wildman–Crippen MR) is 139 cm³/mol. The van der Waals surface area contributed by atoms with E-state index in [9.17, 15) is 9.18 Å². The molecule has 1 aliphatic heterocycles. The van der Waals surface area contributed by atoms with E-state index in [1.54, 1.807) is 25.4 Å². The molecule has 0 bridgehead atoms. The number of hydrogen-bond acceptors (Lipinski definition) is 5. The number of benzene rings is 1. The van der Waals surface area contributed by atoms with Crippen LogP contribution in [-0.4, -0.2) is 74.2 Å². The number of carbonyl (C=O) groups is 1. The first kappa shape index (κ1) is 26.6. The first-order valence-electron chi connectivity index (χ1n) is 10.9. The van der Waals surface area contributed by atoms with Crippen molar-refractivity contribution in [2.45, 2.75) is 19.4 Å². The fraction of sp³-hybridized carbons (Fsp3) is 0.435. The summed E-state index contributed by atoms with van der Waals surface area (Å²) in [5.74, 6) is 1.81. The lowest BCUT2D eigenvalue weighted by Crippen LogP contribution is -2.49. The van der Waals surface area contributed by atoms with Gasteiger partial charge in [0.2, 0.25) is 5.91 Å². The number of aromatic nitrogens is 1. The number of halogens is 2. The van der Waals surface area contributed by atoms with E-state index < -0.39 is 0 Å². The molecule has 1 aliphatic rings. The van der Waals surface area contributed by atoms with Crippen LogP contribution in [0.25, 0.3) is 0 Å². The van der Waals surface area contributed by atoms with Crippen molar-refractivity contribution in [3.05, 3.63) is 54.5 Å². The molecule has 2 N–H and O–H groups in total. The summed E-state index contributed by atoms with van der Waals surface area (Å²) in [5.41, 5.74) is 0. The van der Waals surface area contributed by atoms with Crippen molar-refractivity contribution >= 4 is 41.7 Å². The monoisotopic (exact) mass is 570 g/mol. The normalized spacial score (nSPS) is 14.8. The van der Waals surface area contributed by atoms with E-state index in [0.29, 0.717) is 44.3 Å². The quantitative estimate of drug-likeness (QED) is 0.289. The van der Waals surface area contributed by atoms with Gasteiger partial charge in [0.05, 0.1) is 6.54 Å². The zero-order valence-electron chi connectivity index (χ0n) is 19.0. The van der Waals surface area contributed by atoms with Gasteiger partial charge in [0.1, 0.15) is 23.5 Å². The molecule has 3 rings (SSSR count). The lowest BCUT2D eigenvalue weighted by atomic mass is 10.2. The number of rotatable bonds is 8. The third-order valence-corrected chi connectivity index (χ3v) is 5.15. The van der Waals surface area contributed by atoms with E-state index in [1.165, 1.54) is 12.1 Å². The lowest BCUT2D eigenvalue weighted by molar-refractivity contribution is -0.131. The summed E-state index contributed by atoms with van der Waals surface area (Å²) in [5, 5.41) is 6.32. The Bertz CT molecular complexity index is 894. The molecule has 8 nitrogen and oxygen atoms in total. The molecule has 1 aromatic heterocycles. The molecule has 0 spiro atoms. The number of carbonyl (C=O) groups excluding carboxylic acids is 1. The standard InChI is InChI=1S/C23H31FN6O2.HI/c1-18(32-20-7-5-6-19(24)16-20)17-28-23(25-2)27-11-9-22(31)30-14-12-29(13-15-30)21-8-3-4-10-26-21;/h3-8,10,16,18H,9,11-15,17H2,1-2H3,(H2,25,27,28);1H. The Hall–Kier alpha value is -2.63. The van der Waals surface area contributed by atoms with Crippen LogP contribution in [0, 0.1) is 5.82 Å². The summed E-state index contributed by atoms with van der Waals surface area (Å²) in [6.07, 6.45) is 1.99. The van der Waals surface area contributed by atoms with Gasteiger partial charge in [-0.1, -0.05) is 12.1 Å². The molecular weight excluding hydrogens is 538 g/mol. The maximum atomic E-state index is 13.3. The number of piperazine rings is 1. The molecule has 1 amide bonds. The summed E-state index contributed by atoms with van der Waals surface area (Å²) >= 11 is 0. The first-order chi connectivity index (χ1) is 15.5. The van der Waals surface area contributed by atoms with Gasteiger partial charge < -0.3 is 25.2 Å². The molecular formula is C23H32FIN6O2. The Labute approximate surface area is 211 Å². The van der Waals surface area contributed by atoms with Gasteiger partial charge in [-0.05, 0) is 31.2 Å². The molecule has 0 saturated carbocycles. The van der Waals surface area contributed by atoms with Crippen LogP contribution in [0.15, 0.2) is 53.7 Å². The first-order valence-corrected chi connectivity index (χ1v) is 10.9. The Morgan fingerprint density at radius 2 is 1.97 bits per heavy atom. The van der Waals surface area contributed by atoms with Crippen LogP contribution in [0.1, 0.15) is 13.3 Å². The third-order valence-electron chi connectivity index (χ3n) is 5.15. The summed E-state index contributed by atoms with van der Waals surface area (Å²) < 4.78 is 19.0. The Balaban J connectivity index is 0.00000385. The predicted octanol–water partition coefficient (Wildman–Crippen LogP) is 2.51. The van der Waals surface area contributed by atoms with Gasteiger partial charge in [-0.3, -0.25) is 9.79 Å². The van der Waals surface area contributed by atoms with E-state index in [0.717, 1.165) is 18.9 Å². The van der Waals surface area contributed by atoms with E-state index in [4.69, 9.17) is 4.74 Å². The largest absolute Gasteiger partial charge is 0.489 e. The average Bonchev–Trinajstić information content (AvgIpc) is 2.82. The molecule has 1 atom stereocenters. The number of nitrogens with zero attached hydrogens (tertiary/aromatic N) is 4. The van der Waals surface area contributed by atoms with Crippen LogP contribution in [-0.2, 0) is 4.79 Å². The molecule has 0 radical (unpaired) electrons. The zero-order chi connectivity index (χ0) is 22.8. The SMILES string of the molecule is CN=C(NCCC(=O)N1CCN(c2ccccn2)CC1)NCC(C)Oc1cccc(F)c1.I. The van der Waals surface area contributed by atoms with Gasteiger partial charge in [0.25, 0.3) is 0 Å². The summed E-state index contributed by atoms with van der Waals surface area (Å²) in [6, 6.07) is 11.9. The second-order valence-corrected chi connectivity index (χ2v) is 7.57. The highest BCUT2D eigenvalue weighted by Gasteiger charge is 2.21. The minimum absolute atomic E-state index is 0. The topological polar surface area (TPSA) is 82.1 Å². The van der Waals surface area contributed by atoms with Crippen molar-refractivity contribution in [1.82, 2.24) is 20.5 Å². The van der Waals surface area contributed by atoms with Crippen LogP contribution in [0.2, 0.25) is 0 Å². The third kappa shape index (κ3) is 8.67. The van der Waals surface area contributed by atoms with Gasteiger partial charge in [-0.15, -0.1) is 24.0 Å². The van der Waals surface area contributed by atoms with Crippen molar-refractivity contribution in [3.8, 4) is 5.75 Å². The molecule has 10 heteroatoms. The van der Waals surface area contributed by atoms with Crippen LogP contribution < -0.4 is 20.3 Å². The molecule has 0 aliphatic carbocycles. The number of anilines is 1. The summed E-state index contributed by atoms with van der Waals surface area (Å²) in [6.45, 7) is 5.80. The molecule has 2 aromatic rings. The molecule has 33 heavy (non-hydrogen) atoms. The smallest absolute Gasteiger partial charge is 0.224 e. The number of ether oxygens (including phenoxy) is 1. The van der Waals surface area contributed by atoms with E-state index in [2.05, 4.69) is 25.5 Å². The van der Waals surface area contributed by atoms with Gasteiger partial charge >= 0.3 is 0 Å². The maximum absolute atomic E-state index is 13.3. The number of nitrogens with one attached hydrogen (secondary N) is 2. The van der Waals surface area contributed by atoms with Gasteiger partial charge in [-0.25, -0.2) is 9.37 Å².